The average Bonchev–Trinajstić information content (AvgIpc) is 2.38. The maximum Gasteiger partial charge on any atom is 0.138 e. The van der Waals surface area contributed by atoms with E-state index in [9.17, 15) is 0 Å². The first kappa shape index (κ1) is 11.0. The number of hydrogen-bond acceptors (Lipinski definition) is 3. The molecule has 3 aromatic rings. The molecule has 0 atom stereocenters. The number of oxime groups is 1. The SMILES string of the molecule is ON=Cc1cc2cc3ccccc3cc2nc1Cl. The Labute approximate surface area is 108 Å². The summed E-state index contributed by atoms with van der Waals surface area (Å²) in [5, 5.41) is 15.1. The highest BCUT2D eigenvalue weighted by molar-refractivity contribution is 6.32. The Hall–Kier alpha value is -2.13. The normalized spacial score (nSPS) is 11.6. The number of benzene rings is 2. The highest BCUT2D eigenvalue weighted by Gasteiger charge is 2.04. The van der Waals surface area contributed by atoms with Crippen molar-refractivity contribution in [3.8, 4) is 0 Å². The van der Waals surface area contributed by atoms with Gasteiger partial charge in [-0.1, -0.05) is 41.0 Å². The van der Waals surface area contributed by atoms with Crippen molar-refractivity contribution in [2.75, 3.05) is 0 Å². The fraction of sp³-hybridized carbons (Fsp3) is 0. The molecule has 18 heavy (non-hydrogen) atoms. The molecule has 0 spiro atoms. The molecule has 4 heteroatoms. The van der Waals surface area contributed by atoms with Crippen LogP contribution in [0.25, 0.3) is 21.7 Å². The fourth-order valence-corrected chi connectivity index (χ4v) is 2.20. The second-order valence-corrected chi connectivity index (χ2v) is 4.36. The van der Waals surface area contributed by atoms with Crippen molar-refractivity contribution >= 4 is 39.5 Å². The number of fused-ring (bicyclic) bond motifs is 2. The highest BCUT2D eigenvalue weighted by atomic mass is 35.5. The van der Waals surface area contributed by atoms with Gasteiger partial charge in [-0.25, -0.2) is 4.98 Å². The van der Waals surface area contributed by atoms with Crippen molar-refractivity contribution in [3.63, 3.8) is 0 Å². The van der Waals surface area contributed by atoms with E-state index in [1.807, 2.05) is 42.5 Å². The minimum Gasteiger partial charge on any atom is -0.411 e. The van der Waals surface area contributed by atoms with E-state index in [4.69, 9.17) is 16.8 Å². The maximum absolute atomic E-state index is 8.57. The van der Waals surface area contributed by atoms with Gasteiger partial charge in [-0.15, -0.1) is 0 Å². The van der Waals surface area contributed by atoms with E-state index in [-0.39, 0.29) is 0 Å². The summed E-state index contributed by atoms with van der Waals surface area (Å²) in [4.78, 5) is 4.31. The van der Waals surface area contributed by atoms with Gasteiger partial charge in [0.1, 0.15) is 5.15 Å². The lowest BCUT2D eigenvalue weighted by atomic mass is 10.1. The number of halogens is 1. The predicted molar refractivity (Wildman–Crippen MR) is 73.6 cm³/mol. The van der Waals surface area contributed by atoms with Gasteiger partial charge in [0.15, 0.2) is 0 Å². The molecule has 0 fully saturated rings. The van der Waals surface area contributed by atoms with Crippen LogP contribution in [0, 0.1) is 0 Å². The van der Waals surface area contributed by atoms with Gasteiger partial charge in [-0.05, 0) is 29.0 Å². The van der Waals surface area contributed by atoms with Crippen molar-refractivity contribution in [2.45, 2.75) is 0 Å². The first-order valence-electron chi connectivity index (χ1n) is 5.44. The summed E-state index contributed by atoms with van der Waals surface area (Å²) in [5.74, 6) is 0. The molecule has 0 amide bonds. The molecule has 3 nitrogen and oxygen atoms in total. The monoisotopic (exact) mass is 256 g/mol. The first-order chi connectivity index (χ1) is 8.78. The third-order valence-electron chi connectivity index (χ3n) is 2.86. The lowest BCUT2D eigenvalue weighted by Crippen LogP contribution is -1.89. The van der Waals surface area contributed by atoms with Gasteiger partial charge in [0, 0.05) is 10.9 Å². The van der Waals surface area contributed by atoms with E-state index in [1.165, 1.54) is 6.21 Å². The average molecular weight is 257 g/mol. The Kier molecular flexibility index (Phi) is 2.61. The van der Waals surface area contributed by atoms with Crippen molar-refractivity contribution in [2.24, 2.45) is 5.16 Å². The fourth-order valence-electron chi connectivity index (χ4n) is 2.01. The molecule has 0 saturated carbocycles. The molecule has 1 heterocycles. The number of aromatic nitrogens is 1. The smallest absolute Gasteiger partial charge is 0.138 e. The second-order valence-electron chi connectivity index (χ2n) is 4.01. The summed E-state index contributed by atoms with van der Waals surface area (Å²) in [7, 11) is 0. The zero-order valence-corrected chi connectivity index (χ0v) is 10.1. The van der Waals surface area contributed by atoms with Gasteiger partial charge < -0.3 is 5.21 Å². The second kappa shape index (κ2) is 4.27. The topological polar surface area (TPSA) is 45.5 Å². The molecule has 1 aromatic heterocycles. The Morgan fingerprint density at radius 3 is 2.50 bits per heavy atom. The minimum atomic E-state index is 0.329. The van der Waals surface area contributed by atoms with E-state index < -0.39 is 0 Å². The Morgan fingerprint density at radius 2 is 1.78 bits per heavy atom. The van der Waals surface area contributed by atoms with E-state index in [0.717, 1.165) is 21.7 Å². The molecule has 0 aliphatic rings. The lowest BCUT2D eigenvalue weighted by Gasteiger charge is -2.04. The van der Waals surface area contributed by atoms with Gasteiger partial charge >= 0.3 is 0 Å². The lowest BCUT2D eigenvalue weighted by molar-refractivity contribution is 0.322. The molecule has 0 radical (unpaired) electrons. The van der Waals surface area contributed by atoms with Gasteiger partial charge in [0.2, 0.25) is 0 Å². The molecule has 0 aliphatic carbocycles. The predicted octanol–water partition coefficient (Wildman–Crippen LogP) is 3.85. The largest absolute Gasteiger partial charge is 0.411 e. The van der Waals surface area contributed by atoms with E-state index in [0.29, 0.717) is 10.7 Å². The quantitative estimate of drug-likeness (QED) is 0.236. The summed E-state index contributed by atoms with van der Waals surface area (Å²) < 4.78 is 0. The summed E-state index contributed by atoms with van der Waals surface area (Å²) in [5.41, 5.74) is 1.43. The maximum atomic E-state index is 8.57. The van der Waals surface area contributed by atoms with Crippen LogP contribution in [0.2, 0.25) is 5.15 Å². The molecule has 3 rings (SSSR count). The van der Waals surface area contributed by atoms with Crippen LogP contribution < -0.4 is 0 Å². The van der Waals surface area contributed by atoms with Crippen molar-refractivity contribution in [3.05, 3.63) is 53.2 Å². The van der Waals surface area contributed by atoms with Crippen LogP contribution in [0.3, 0.4) is 0 Å². The van der Waals surface area contributed by atoms with Gasteiger partial charge in [0.05, 0.1) is 11.7 Å². The molecule has 0 unspecified atom stereocenters. The van der Waals surface area contributed by atoms with E-state index >= 15 is 0 Å². The van der Waals surface area contributed by atoms with Crippen molar-refractivity contribution in [1.82, 2.24) is 4.98 Å². The van der Waals surface area contributed by atoms with Crippen molar-refractivity contribution in [1.29, 1.82) is 0 Å². The standard InChI is InChI=1S/C14H9ClN2O/c15-14-12(8-16-18)6-11-5-9-3-1-2-4-10(9)7-13(11)17-14/h1-8,18H. The van der Waals surface area contributed by atoms with Crippen LogP contribution in [-0.2, 0) is 0 Å². The summed E-state index contributed by atoms with van der Waals surface area (Å²) in [6.45, 7) is 0. The van der Waals surface area contributed by atoms with Crippen LogP contribution in [-0.4, -0.2) is 16.4 Å². The summed E-state index contributed by atoms with van der Waals surface area (Å²) in [6, 6.07) is 14.0. The zero-order chi connectivity index (χ0) is 12.5. The highest BCUT2D eigenvalue weighted by Crippen LogP contribution is 2.24. The van der Waals surface area contributed by atoms with E-state index in [1.54, 1.807) is 0 Å². The van der Waals surface area contributed by atoms with Crippen LogP contribution in [0.5, 0.6) is 0 Å². The first-order valence-corrected chi connectivity index (χ1v) is 5.82. The molecule has 0 aliphatic heterocycles. The Bertz CT molecular complexity index is 768. The molecule has 0 bridgehead atoms. The van der Waals surface area contributed by atoms with Gasteiger partial charge in [-0.2, -0.15) is 0 Å². The minimum absolute atomic E-state index is 0.329. The number of hydrogen-bond donors (Lipinski definition) is 1. The third kappa shape index (κ3) is 1.79. The molecule has 88 valence electrons. The number of rotatable bonds is 1. The van der Waals surface area contributed by atoms with Crippen molar-refractivity contribution < 1.29 is 5.21 Å². The Morgan fingerprint density at radius 1 is 1.06 bits per heavy atom. The number of pyridine rings is 1. The third-order valence-corrected chi connectivity index (χ3v) is 3.16. The van der Waals surface area contributed by atoms with E-state index in [2.05, 4.69) is 10.1 Å². The Balaban J connectivity index is 2.36. The molecule has 0 saturated heterocycles. The van der Waals surface area contributed by atoms with Crippen LogP contribution in [0.15, 0.2) is 47.6 Å². The number of nitrogens with zero attached hydrogens (tertiary/aromatic N) is 2. The van der Waals surface area contributed by atoms with Gasteiger partial charge in [-0.3, -0.25) is 0 Å². The molecular weight excluding hydrogens is 248 g/mol. The summed E-state index contributed by atoms with van der Waals surface area (Å²) in [6.07, 6.45) is 1.28. The molecule has 2 aromatic carbocycles. The van der Waals surface area contributed by atoms with Crippen LogP contribution >= 0.6 is 11.6 Å². The summed E-state index contributed by atoms with van der Waals surface area (Å²) >= 11 is 6.02. The van der Waals surface area contributed by atoms with Crippen LogP contribution in [0.4, 0.5) is 0 Å². The van der Waals surface area contributed by atoms with Gasteiger partial charge in [0.25, 0.3) is 0 Å². The zero-order valence-electron chi connectivity index (χ0n) is 9.34. The molecular formula is C14H9ClN2O. The molecule has 1 N–H and O–H groups in total. The van der Waals surface area contributed by atoms with Crippen LogP contribution in [0.1, 0.15) is 5.56 Å².